The Bertz CT molecular complexity index is 946. The first kappa shape index (κ1) is 14.3. The van der Waals surface area contributed by atoms with Crippen LogP contribution >= 0.6 is 0 Å². The Kier molecular flexibility index (Phi) is 3.86. The average molecular weight is 308 g/mol. The zero-order valence-corrected chi connectivity index (χ0v) is 13.1. The number of hydrogen-bond donors (Lipinski definition) is 0. The van der Waals surface area contributed by atoms with Crippen LogP contribution in [0, 0.1) is 0 Å². The molecule has 1 aromatic heterocycles. The van der Waals surface area contributed by atoms with Gasteiger partial charge in [0.05, 0.1) is 11.0 Å². The minimum atomic E-state index is 0.949. The number of rotatable bonds is 0. The molecule has 0 radical (unpaired) electrons. The van der Waals surface area contributed by atoms with Gasteiger partial charge in [-0.2, -0.15) is 0 Å². The van der Waals surface area contributed by atoms with Crippen molar-refractivity contribution in [3.63, 3.8) is 0 Å². The highest BCUT2D eigenvalue weighted by molar-refractivity contribution is 5.98. The lowest BCUT2D eigenvalue weighted by Gasteiger charge is -2.00. The minimum Gasteiger partial charge on any atom is -0.253 e. The molecule has 0 spiro atoms. The molecule has 5 rings (SSSR count). The van der Waals surface area contributed by atoms with Gasteiger partial charge in [-0.05, 0) is 45.8 Å². The second-order valence-electron chi connectivity index (χ2n) is 5.59. The Labute approximate surface area is 140 Å². The molecule has 0 N–H and O–H groups in total. The van der Waals surface area contributed by atoms with Crippen molar-refractivity contribution in [3.8, 4) is 0 Å². The minimum absolute atomic E-state index is 0.949. The zero-order chi connectivity index (χ0) is 16.2. The summed E-state index contributed by atoms with van der Waals surface area (Å²) in [6.07, 6.45) is 3.39. The van der Waals surface area contributed by atoms with Crippen molar-refractivity contribution >= 4 is 32.6 Å². The summed E-state index contributed by atoms with van der Waals surface area (Å²) in [5, 5.41) is 5.25. The second kappa shape index (κ2) is 6.47. The van der Waals surface area contributed by atoms with Gasteiger partial charge in [-0.1, -0.05) is 60.7 Å². The molecular weight excluding hydrogens is 292 g/mol. The van der Waals surface area contributed by atoms with Crippen LogP contribution in [0.25, 0.3) is 32.6 Å². The third-order valence-electron chi connectivity index (χ3n) is 3.99. The number of nitrogens with zero attached hydrogens (tertiary/aromatic N) is 2. The van der Waals surface area contributed by atoms with E-state index >= 15 is 0 Å². The van der Waals surface area contributed by atoms with Gasteiger partial charge in [0.1, 0.15) is 0 Å². The molecule has 0 saturated carbocycles. The molecule has 2 nitrogen and oxygen atoms in total. The summed E-state index contributed by atoms with van der Waals surface area (Å²) < 4.78 is 0. The predicted molar refractivity (Wildman–Crippen MR) is 101 cm³/mol. The monoisotopic (exact) mass is 308 g/mol. The van der Waals surface area contributed by atoms with Crippen LogP contribution in [0.3, 0.4) is 0 Å². The summed E-state index contributed by atoms with van der Waals surface area (Å²) in [6, 6.07) is 29.2. The Hall–Kier alpha value is -3.26. The quantitative estimate of drug-likeness (QED) is 0.347. The van der Waals surface area contributed by atoms with E-state index in [0.717, 1.165) is 11.0 Å². The van der Waals surface area contributed by atoms with Crippen LogP contribution < -0.4 is 0 Å². The molecule has 0 amide bonds. The zero-order valence-electron chi connectivity index (χ0n) is 13.1. The second-order valence-corrected chi connectivity index (χ2v) is 5.59. The summed E-state index contributed by atoms with van der Waals surface area (Å²) >= 11 is 0. The van der Waals surface area contributed by atoms with Gasteiger partial charge in [0, 0.05) is 12.4 Å². The van der Waals surface area contributed by atoms with Crippen molar-refractivity contribution in [1.29, 1.82) is 0 Å². The molecule has 0 atom stereocenters. The van der Waals surface area contributed by atoms with E-state index in [1.54, 1.807) is 12.4 Å². The van der Waals surface area contributed by atoms with Gasteiger partial charge < -0.3 is 0 Å². The van der Waals surface area contributed by atoms with Crippen molar-refractivity contribution < 1.29 is 0 Å². The Morgan fingerprint density at radius 3 is 1.12 bits per heavy atom. The molecule has 0 unspecified atom stereocenters. The highest BCUT2D eigenvalue weighted by Gasteiger charge is 1.95. The normalized spacial score (nSPS) is 10.5. The van der Waals surface area contributed by atoms with Crippen LogP contribution in [-0.2, 0) is 0 Å². The third kappa shape index (κ3) is 2.95. The van der Waals surface area contributed by atoms with Gasteiger partial charge in [0.25, 0.3) is 0 Å². The van der Waals surface area contributed by atoms with Crippen LogP contribution in [0.15, 0.2) is 97.3 Å². The fourth-order valence-electron chi connectivity index (χ4n) is 2.79. The first-order valence-corrected chi connectivity index (χ1v) is 7.93. The topological polar surface area (TPSA) is 25.8 Å². The van der Waals surface area contributed by atoms with E-state index in [-0.39, 0.29) is 0 Å². The number of hydrogen-bond acceptors (Lipinski definition) is 2. The van der Waals surface area contributed by atoms with E-state index < -0.39 is 0 Å². The van der Waals surface area contributed by atoms with Crippen LogP contribution in [0.2, 0.25) is 0 Å². The Morgan fingerprint density at radius 1 is 0.417 bits per heavy atom. The van der Waals surface area contributed by atoms with E-state index in [2.05, 4.69) is 70.6 Å². The first-order valence-electron chi connectivity index (χ1n) is 7.93. The van der Waals surface area contributed by atoms with Crippen molar-refractivity contribution in [2.75, 3.05) is 0 Å². The maximum absolute atomic E-state index is 4.12. The first-order chi connectivity index (χ1) is 11.9. The van der Waals surface area contributed by atoms with Crippen LogP contribution in [0.5, 0.6) is 0 Å². The largest absolute Gasteiger partial charge is 0.253 e. The number of aromatic nitrogens is 2. The molecule has 114 valence electrons. The SMILES string of the molecule is c1ccc2cc3ccccc3cc2c1.c1ccc2nccnc2c1. The van der Waals surface area contributed by atoms with Crippen LogP contribution in [0.4, 0.5) is 0 Å². The summed E-state index contributed by atoms with van der Waals surface area (Å²) in [6.45, 7) is 0. The average Bonchev–Trinajstić information content (AvgIpc) is 2.67. The van der Waals surface area contributed by atoms with Gasteiger partial charge >= 0.3 is 0 Å². The van der Waals surface area contributed by atoms with E-state index in [0.29, 0.717) is 0 Å². The molecule has 1 heterocycles. The van der Waals surface area contributed by atoms with Crippen molar-refractivity contribution in [3.05, 3.63) is 97.3 Å². The maximum atomic E-state index is 4.12. The van der Waals surface area contributed by atoms with Gasteiger partial charge in [-0.3, -0.25) is 9.97 Å². The van der Waals surface area contributed by atoms with Gasteiger partial charge in [-0.25, -0.2) is 0 Å². The highest BCUT2D eigenvalue weighted by atomic mass is 14.8. The Morgan fingerprint density at radius 2 is 0.750 bits per heavy atom. The number of benzene rings is 4. The van der Waals surface area contributed by atoms with Gasteiger partial charge in [-0.15, -0.1) is 0 Å². The van der Waals surface area contributed by atoms with Crippen LogP contribution in [0.1, 0.15) is 0 Å². The smallest absolute Gasteiger partial charge is 0.0886 e. The highest BCUT2D eigenvalue weighted by Crippen LogP contribution is 2.22. The third-order valence-corrected chi connectivity index (χ3v) is 3.99. The summed E-state index contributed by atoms with van der Waals surface area (Å²) in [5.74, 6) is 0. The molecular formula is C22H16N2. The van der Waals surface area contributed by atoms with Gasteiger partial charge in [0.15, 0.2) is 0 Å². The van der Waals surface area contributed by atoms with Crippen molar-refractivity contribution in [2.45, 2.75) is 0 Å². The maximum Gasteiger partial charge on any atom is 0.0886 e. The standard InChI is InChI=1S/C14H10.C8H6N2/c1-2-6-12-10-14-8-4-3-7-13(14)9-11(12)5-1;1-2-4-8-7(3-1)9-5-6-10-8/h1-10H;1-6H. The summed E-state index contributed by atoms with van der Waals surface area (Å²) in [4.78, 5) is 8.24. The fraction of sp³-hybridized carbons (Fsp3) is 0. The number of para-hydroxylation sites is 2. The molecule has 0 saturated heterocycles. The molecule has 0 aliphatic rings. The van der Waals surface area contributed by atoms with E-state index in [1.807, 2.05) is 24.3 Å². The van der Waals surface area contributed by atoms with E-state index in [9.17, 15) is 0 Å². The summed E-state index contributed by atoms with van der Waals surface area (Å²) in [5.41, 5.74) is 1.90. The number of fused-ring (bicyclic) bond motifs is 3. The van der Waals surface area contributed by atoms with Crippen molar-refractivity contribution in [1.82, 2.24) is 9.97 Å². The molecule has 0 bridgehead atoms. The van der Waals surface area contributed by atoms with E-state index in [4.69, 9.17) is 0 Å². The lowest BCUT2D eigenvalue weighted by atomic mass is 10.0. The molecule has 4 aromatic carbocycles. The lowest BCUT2D eigenvalue weighted by Crippen LogP contribution is -1.78. The predicted octanol–water partition coefficient (Wildman–Crippen LogP) is 5.62. The van der Waals surface area contributed by atoms with Crippen LogP contribution in [-0.4, -0.2) is 9.97 Å². The molecule has 2 heteroatoms. The Balaban J connectivity index is 0.000000129. The molecule has 0 fully saturated rings. The van der Waals surface area contributed by atoms with Crippen molar-refractivity contribution in [2.24, 2.45) is 0 Å². The fourth-order valence-corrected chi connectivity index (χ4v) is 2.79. The molecule has 0 aliphatic carbocycles. The lowest BCUT2D eigenvalue weighted by molar-refractivity contribution is 1.29. The molecule has 5 aromatic rings. The molecule has 24 heavy (non-hydrogen) atoms. The van der Waals surface area contributed by atoms with E-state index in [1.165, 1.54) is 21.5 Å². The van der Waals surface area contributed by atoms with Gasteiger partial charge in [0.2, 0.25) is 0 Å². The summed E-state index contributed by atoms with van der Waals surface area (Å²) in [7, 11) is 0. The molecule has 0 aliphatic heterocycles.